The summed E-state index contributed by atoms with van der Waals surface area (Å²) in [6, 6.07) is 9.40. The van der Waals surface area contributed by atoms with E-state index in [1.165, 1.54) is 0 Å². The Morgan fingerprint density at radius 3 is 2.62 bits per heavy atom. The van der Waals surface area contributed by atoms with Crippen LogP contribution in [0.2, 0.25) is 0 Å². The molecule has 1 aromatic carbocycles. The summed E-state index contributed by atoms with van der Waals surface area (Å²) in [5.74, 6) is 0.0469. The van der Waals surface area contributed by atoms with Crippen LogP contribution >= 0.6 is 34.8 Å². The zero-order valence-electron chi connectivity index (χ0n) is 14.2. The van der Waals surface area contributed by atoms with Crippen LogP contribution in [-0.4, -0.2) is 46.9 Å². The number of alkyl halides is 3. The zero-order chi connectivity index (χ0) is 18.7. The molecule has 8 heteroatoms. The van der Waals surface area contributed by atoms with E-state index >= 15 is 0 Å². The lowest BCUT2D eigenvalue weighted by Crippen LogP contribution is -2.56. The first-order valence-corrected chi connectivity index (χ1v) is 9.38. The Balaban J connectivity index is 1.81. The topological polar surface area (TPSA) is 49.3 Å². The van der Waals surface area contributed by atoms with Crippen molar-refractivity contribution in [1.29, 1.82) is 0 Å². The molecule has 0 saturated carbocycles. The van der Waals surface area contributed by atoms with E-state index in [1.54, 1.807) is 6.08 Å². The summed E-state index contributed by atoms with van der Waals surface area (Å²) < 4.78 is 21.8. The molecule has 5 atom stereocenters. The molecule has 1 saturated heterocycles. The van der Waals surface area contributed by atoms with Gasteiger partial charge < -0.3 is 18.9 Å². The molecule has 0 N–H and O–H groups in total. The molecule has 2 aliphatic rings. The Bertz CT molecular complexity index is 650. The average Bonchev–Trinajstić information content (AvgIpc) is 3.06. The van der Waals surface area contributed by atoms with Gasteiger partial charge >= 0.3 is 0 Å². The summed E-state index contributed by atoms with van der Waals surface area (Å²) in [6.45, 7) is 6.23. The first-order valence-electron chi connectivity index (χ1n) is 8.25. The second-order valence-corrected chi connectivity index (χ2v) is 8.38. The van der Waals surface area contributed by atoms with Crippen molar-refractivity contribution in [3.63, 3.8) is 0 Å². The van der Waals surface area contributed by atoms with Crippen LogP contribution in [0.15, 0.2) is 48.0 Å². The molecule has 0 spiro atoms. The Kier molecular flexibility index (Phi) is 6.49. The lowest BCUT2D eigenvalue weighted by Gasteiger charge is -2.40. The molecule has 0 aromatic heterocycles. The third kappa shape index (κ3) is 4.53. The van der Waals surface area contributed by atoms with Gasteiger partial charge in [-0.3, -0.25) is 0 Å². The van der Waals surface area contributed by atoms with Gasteiger partial charge in [0.2, 0.25) is 5.90 Å². The third-order valence-corrected chi connectivity index (χ3v) is 4.66. The number of hydrogen-bond donors (Lipinski definition) is 0. The van der Waals surface area contributed by atoms with Crippen LogP contribution in [0.3, 0.4) is 0 Å². The molecule has 0 unspecified atom stereocenters. The van der Waals surface area contributed by atoms with Gasteiger partial charge in [-0.05, 0) is 12.5 Å². The molecule has 1 fully saturated rings. The molecule has 0 amide bonds. The fourth-order valence-corrected chi connectivity index (χ4v) is 3.26. The monoisotopic (exact) mass is 419 g/mol. The van der Waals surface area contributed by atoms with E-state index in [4.69, 9.17) is 53.8 Å². The maximum absolute atomic E-state index is 6.10. The van der Waals surface area contributed by atoms with Crippen LogP contribution in [0.25, 0.3) is 0 Å². The van der Waals surface area contributed by atoms with Gasteiger partial charge in [-0.15, -0.1) is 6.58 Å². The zero-order valence-corrected chi connectivity index (χ0v) is 16.5. The highest BCUT2D eigenvalue weighted by Crippen LogP contribution is 2.38. The molecular weight excluding hydrogens is 401 g/mol. The second kappa shape index (κ2) is 8.46. The van der Waals surface area contributed by atoms with Crippen LogP contribution in [0, 0.1) is 0 Å². The summed E-state index contributed by atoms with van der Waals surface area (Å²) in [7, 11) is 0. The van der Waals surface area contributed by atoms with E-state index < -0.39 is 28.3 Å². The minimum absolute atomic E-state index is 0.0469. The molecule has 2 heterocycles. The average molecular weight is 421 g/mol. The van der Waals surface area contributed by atoms with Crippen LogP contribution in [0.5, 0.6) is 0 Å². The van der Waals surface area contributed by atoms with Crippen molar-refractivity contribution in [2.75, 3.05) is 6.61 Å². The van der Waals surface area contributed by atoms with Crippen LogP contribution < -0.4 is 0 Å². The number of nitrogens with zero attached hydrogens (tertiary/aromatic N) is 1. The minimum Gasteiger partial charge on any atom is -0.469 e. The third-order valence-electron chi connectivity index (χ3n) is 4.17. The van der Waals surface area contributed by atoms with Gasteiger partial charge in [0, 0.05) is 0 Å². The lowest BCUT2D eigenvalue weighted by atomic mass is 9.97. The van der Waals surface area contributed by atoms with Gasteiger partial charge in [0.15, 0.2) is 12.4 Å². The molecule has 26 heavy (non-hydrogen) atoms. The van der Waals surface area contributed by atoms with Gasteiger partial charge in [-0.2, -0.15) is 0 Å². The summed E-state index contributed by atoms with van der Waals surface area (Å²) in [4.78, 5) is 4.47. The van der Waals surface area contributed by atoms with Crippen molar-refractivity contribution in [2.24, 2.45) is 4.99 Å². The normalized spacial score (nSPS) is 31.1. The van der Waals surface area contributed by atoms with Crippen LogP contribution in [0.4, 0.5) is 0 Å². The van der Waals surface area contributed by atoms with Crippen molar-refractivity contribution in [3.8, 4) is 0 Å². The maximum Gasteiger partial charge on any atom is 0.266 e. The van der Waals surface area contributed by atoms with Crippen molar-refractivity contribution in [1.82, 2.24) is 0 Å². The van der Waals surface area contributed by atoms with Gasteiger partial charge in [0.05, 0.1) is 19.3 Å². The van der Waals surface area contributed by atoms with E-state index in [1.807, 2.05) is 37.3 Å². The highest BCUT2D eigenvalue weighted by Gasteiger charge is 2.53. The van der Waals surface area contributed by atoms with E-state index in [2.05, 4.69) is 11.6 Å². The number of ether oxygens (including phenoxy) is 4. The van der Waals surface area contributed by atoms with Gasteiger partial charge in [-0.1, -0.05) is 71.2 Å². The van der Waals surface area contributed by atoms with Gasteiger partial charge in [0.1, 0.15) is 12.1 Å². The number of aliphatic imine (C=N–C) groups is 1. The quantitative estimate of drug-likeness (QED) is 0.514. The molecule has 5 nitrogen and oxygen atoms in total. The number of hydrogen-bond acceptors (Lipinski definition) is 5. The smallest absolute Gasteiger partial charge is 0.266 e. The maximum atomic E-state index is 6.10. The molecule has 0 radical (unpaired) electrons. The first-order chi connectivity index (χ1) is 12.4. The van der Waals surface area contributed by atoms with Crippen molar-refractivity contribution < 1.29 is 18.9 Å². The summed E-state index contributed by atoms with van der Waals surface area (Å²) >= 11 is 17.8. The predicted molar refractivity (Wildman–Crippen MR) is 102 cm³/mol. The Hall–Kier alpha value is -0.820. The van der Waals surface area contributed by atoms with Crippen molar-refractivity contribution >= 4 is 40.7 Å². The summed E-state index contributed by atoms with van der Waals surface area (Å²) in [6.07, 6.45) is -0.212. The molecule has 3 rings (SSSR count). The molecule has 2 aliphatic heterocycles. The fourth-order valence-electron chi connectivity index (χ4n) is 2.98. The standard InChI is InChI=1S/C18H20Cl3NO4/c1-3-9-23-16-15(24-10-12-7-5-4-6-8-12)13-14(11(2)25-16)26-17(22-13)18(19,20)21/h3-8,11,13-16H,1,9-10H2,2H3/t11-,13+,14+,15-,16+/m1/s1. The van der Waals surface area contributed by atoms with E-state index in [-0.39, 0.29) is 12.0 Å². The SMILES string of the molecule is C=CCO[C@H]1O[C@H](C)[C@@H]2OC(C(Cl)(Cl)Cl)=N[C@@H]2[C@H]1OCc1ccccc1. The lowest BCUT2D eigenvalue weighted by molar-refractivity contribution is -0.269. The predicted octanol–water partition coefficient (Wildman–Crippen LogP) is 4.06. The van der Waals surface area contributed by atoms with Crippen molar-refractivity contribution in [3.05, 3.63) is 48.6 Å². The number of benzene rings is 1. The highest BCUT2D eigenvalue weighted by molar-refractivity contribution is 6.76. The fraction of sp³-hybridized carbons (Fsp3) is 0.500. The van der Waals surface area contributed by atoms with E-state index in [0.29, 0.717) is 13.2 Å². The molecule has 0 bridgehead atoms. The molecule has 0 aliphatic carbocycles. The number of rotatable bonds is 6. The van der Waals surface area contributed by atoms with Crippen LogP contribution in [0.1, 0.15) is 12.5 Å². The van der Waals surface area contributed by atoms with E-state index in [0.717, 1.165) is 5.56 Å². The van der Waals surface area contributed by atoms with E-state index in [9.17, 15) is 0 Å². The minimum atomic E-state index is -1.74. The highest BCUT2D eigenvalue weighted by atomic mass is 35.6. The van der Waals surface area contributed by atoms with Crippen molar-refractivity contribution in [2.45, 2.75) is 48.0 Å². The Labute approximate surface area is 167 Å². The van der Waals surface area contributed by atoms with Gasteiger partial charge in [-0.25, -0.2) is 4.99 Å². The first kappa shape index (κ1) is 19.9. The van der Waals surface area contributed by atoms with Crippen LogP contribution in [-0.2, 0) is 25.6 Å². The summed E-state index contributed by atoms with van der Waals surface area (Å²) in [5.41, 5.74) is 1.02. The molecule has 1 aromatic rings. The molecular formula is C18H20Cl3NO4. The van der Waals surface area contributed by atoms with Gasteiger partial charge in [0.25, 0.3) is 3.79 Å². The largest absolute Gasteiger partial charge is 0.469 e. The summed E-state index contributed by atoms with van der Waals surface area (Å²) in [5, 5.41) is 0. The second-order valence-electron chi connectivity index (χ2n) is 6.10. The Morgan fingerprint density at radius 2 is 1.96 bits per heavy atom. The Morgan fingerprint density at radius 1 is 1.23 bits per heavy atom. The number of halogens is 3. The molecule has 142 valence electrons. The number of fused-ring (bicyclic) bond motifs is 1.